The zero-order valence-electron chi connectivity index (χ0n) is 11.5. The average molecular weight is 299 g/mol. The highest BCUT2D eigenvalue weighted by Crippen LogP contribution is 2.34. The first-order valence-corrected chi connectivity index (χ1v) is 6.63. The summed E-state index contributed by atoms with van der Waals surface area (Å²) in [6.07, 6.45) is -0.120. The third kappa shape index (κ3) is 3.01. The van der Waals surface area contributed by atoms with Gasteiger partial charge in [-0.3, -0.25) is 9.59 Å². The lowest BCUT2D eigenvalue weighted by atomic mass is 10.1. The lowest BCUT2D eigenvalue weighted by Crippen LogP contribution is -2.12. The van der Waals surface area contributed by atoms with Gasteiger partial charge in [-0.1, -0.05) is 12.1 Å². The quantitative estimate of drug-likeness (QED) is 0.904. The van der Waals surface area contributed by atoms with E-state index in [1.165, 1.54) is 0 Å². The molecule has 0 aliphatic carbocycles. The summed E-state index contributed by atoms with van der Waals surface area (Å²) in [5, 5.41) is 11.5. The summed E-state index contributed by atoms with van der Waals surface area (Å²) in [6.45, 7) is 0.171. The second kappa shape index (κ2) is 5.77. The zero-order chi connectivity index (χ0) is 15.5. The van der Waals surface area contributed by atoms with Crippen molar-refractivity contribution in [3.63, 3.8) is 0 Å². The molecule has 1 amide bonds. The zero-order valence-corrected chi connectivity index (χ0v) is 11.5. The van der Waals surface area contributed by atoms with E-state index in [1.54, 1.807) is 42.5 Å². The van der Waals surface area contributed by atoms with Crippen molar-refractivity contribution in [3.05, 3.63) is 53.6 Å². The highest BCUT2D eigenvalue weighted by atomic mass is 16.7. The number of aliphatic carboxylic acids is 1. The van der Waals surface area contributed by atoms with Gasteiger partial charge < -0.3 is 19.9 Å². The second-order valence-electron chi connectivity index (χ2n) is 4.79. The summed E-state index contributed by atoms with van der Waals surface area (Å²) in [6, 6.07) is 11.6. The summed E-state index contributed by atoms with van der Waals surface area (Å²) in [5.74, 6) is -0.0293. The molecule has 112 valence electrons. The molecule has 0 saturated carbocycles. The van der Waals surface area contributed by atoms with E-state index in [2.05, 4.69) is 5.32 Å². The van der Waals surface area contributed by atoms with Crippen LogP contribution in [0.5, 0.6) is 11.5 Å². The average Bonchev–Trinajstić information content (AvgIpc) is 2.94. The van der Waals surface area contributed by atoms with Gasteiger partial charge in [0.25, 0.3) is 5.91 Å². The minimum atomic E-state index is -0.937. The molecule has 2 aromatic carbocycles. The number of hydrogen-bond donors (Lipinski definition) is 2. The van der Waals surface area contributed by atoms with Crippen molar-refractivity contribution in [3.8, 4) is 11.5 Å². The van der Waals surface area contributed by atoms with E-state index in [4.69, 9.17) is 14.6 Å². The van der Waals surface area contributed by atoms with E-state index in [9.17, 15) is 9.59 Å². The molecule has 1 aliphatic heterocycles. The number of carboxylic acids is 1. The van der Waals surface area contributed by atoms with Crippen molar-refractivity contribution in [2.75, 3.05) is 12.1 Å². The van der Waals surface area contributed by atoms with Crippen molar-refractivity contribution in [2.45, 2.75) is 6.42 Å². The van der Waals surface area contributed by atoms with E-state index >= 15 is 0 Å². The largest absolute Gasteiger partial charge is 0.481 e. The Balaban J connectivity index is 1.75. The fourth-order valence-electron chi connectivity index (χ4n) is 2.17. The number of amides is 1. The molecular formula is C16H13NO5. The van der Waals surface area contributed by atoms with Crippen molar-refractivity contribution in [1.29, 1.82) is 0 Å². The fraction of sp³-hybridized carbons (Fsp3) is 0.125. The molecule has 6 nitrogen and oxygen atoms in total. The number of ether oxygens (including phenoxy) is 2. The molecule has 3 rings (SSSR count). The minimum Gasteiger partial charge on any atom is -0.481 e. The van der Waals surface area contributed by atoms with Gasteiger partial charge in [-0.15, -0.1) is 0 Å². The third-order valence-electron chi connectivity index (χ3n) is 3.17. The van der Waals surface area contributed by atoms with Gasteiger partial charge in [0, 0.05) is 17.3 Å². The first kappa shape index (κ1) is 13.9. The predicted octanol–water partition coefficient (Wildman–Crippen LogP) is 2.29. The first-order valence-electron chi connectivity index (χ1n) is 6.63. The van der Waals surface area contributed by atoms with Gasteiger partial charge in [0.15, 0.2) is 11.5 Å². The molecule has 6 heteroatoms. The highest BCUT2D eigenvalue weighted by Gasteiger charge is 2.15. The van der Waals surface area contributed by atoms with Gasteiger partial charge in [0.1, 0.15) is 0 Å². The van der Waals surface area contributed by atoms with Crippen molar-refractivity contribution in [1.82, 2.24) is 0 Å². The summed E-state index contributed by atoms with van der Waals surface area (Å²) in [5.41, 5.74) is 1.56. The topological polar surface area (TPSA) is 84.9 Å². The van der Waals surface area contributed by atoms with Crippen LogP contribution in [0.3, 0.4) is 0 Å². The van der Waals surface area contributed by atoms with Crippen molar-refractivity contribution in [2.24, 2.45) is 0 Å². The first-order chi connectivity index (χ1) is 10.6. The van der Waals surface area contributed by atoms with E-state index in [-0.39, 0.29) is 19.1 Å². The van der Waals surface area contributed by atoms with Crippen LogP contribution in [-0.2, 0) is 11.2 Å². The monoisotopic (exact) mass is 299 g/mol. The summed E-state index contributed by atoms with van der Waals surface area (Å²) >= 11 is 0. The van der Waals surface area contributed by atoms with Crippen LogP contribution < -0.4 is 14.8 Å². The Hall–Kier alpha value is -3.02. The number of anilines is 1. The Morgan fingerprint density at radius 1 is 1.09 bits per heavy atom. The Morgan fingerprint density at radius 2 is 1.91 bits per heavy atom. The van der Waals surface area contributed by atoms with Crippen LogP contribution in [0.1, 0.15) is 15.9 Å². The number of carboxylic acid groups (broad SMARTS) is 1. The highest BCUT2D eigenvalue weighted by molar-refractivity contribution is 6.04. The van der Waals surface area contributed by atoms with Gasteiger partial charge in [0.2, 0.25) is 6.79 Å². The normalized spacial score (nSPS) is 12.0. The van der Waals surface area contributed by atoms with E-state index in [0.717, 1.165) is 0 Å². The summed E-state index contributed by atoms with van der Waals surface area (Å²) < 4.78 is 10.5. The van der Waals surface area contributed by atoms with Crippen LogP contribution in [0, 0.1) is 0 Å². The Kier molecular flexibility index (Phi) is 3.65. The molecule has 0 radical (unpaired) electrons. The maximum absolute atomic E-state index is 12.2. The van der Waals surface area contributed by atoms with Crippen molar-refractivity contribution >= 4 is 17.6 Å². The lowest BCUT2D eigenvalue weighted by molar-refractivity contribution is -0.136. The van der Waals surface area contributed by atoms with Gasteiger partial charge >= 0.3 is 5.97 Å². The maximum atomic E-state index is 12.2. The molecule has 0 bridgehead atoms. The molecule has 1 heterocycles. The Labute approximate surface area is 126 Å². The number of carbonyl (C=O) groups is 2. The number of rotatable bonds is 4. The third-order valence-corrected chi connectivity index (χ3v) is 3.17. The fourth-order valence-corrected chi connectivity index (χ4v) is 2.17. The maximum Gasteiger partial charge on any atom is 0.307 e. The lowest BCUT2D eigenvalue weighted by Gasteiger charge is -2.07. The van der Waals surface area contributed by atoms with Crippen LogP contribution in [0.4, 0.5) is 5.69 Å². The molecule has 2 N–H and O–H groups in total. The number of hydrogen-bond acceptors (Lipinski definition) is 4. The van der Waals surface area contributed by atoms with Crippen LogP contribution in [0.2, 0.25) is 0 Å². The van der Waals surface area contributed by atoms with E-state index < -0.39 is 5.97 Å². The van der Waals surface area contributed by atoms with Crippen LogP contribution >= 0.6 is 0 Å². The smallest absolute Gasteiger partial charge is 0.307 e. The van der Waals surface area contributed by atoms with Gasteiger partial charge in [-0.05, 0) is 29.8 Å². The molecule has 0 unspecified atom stereocenters. The van der Waals surface area contributed by atoms with Crippen LogP contribution in [0.15, 0.2) is 42.5 Å². The Morgan fingerprint density at radius 3 is 2.73 bits per heavy atom. The number of carbonyl (C=O) groups excluding carboxylic acids is 1. The Bertz CT molecular complexity index is 741. The molecule has 0 saturated heterocycles. The van der Waals surface area contributed by atoms with Crippen LogP contribution in [0.25, 0.3) is 0 Å². The summed E-state index contributed by atoms with van der Waals surface area (Å²) in [4.78, 5) is 22.9. The molecule has 0 spiro atoms. The number of benzene rings is 2. The van der Waals surface area contributed by atoms with Gasteiger partial charge in [-0.2, -0.15) is 0 Å². The molecule has 0 fully saturated rings. The molecule has 22 heavy (non-hydrogen) atoms. The van der Waals surface area contributed by atoms with E-state index in [1.807, 2.05) is 0 Å². The summed E-state index contributed by atoms with van der Waals surface area (Å²) in [7, 11) is 0. The van der Waals surface area contributed by atoms with Gasteiger partial charge in [-0.25, -0.2) is 0 Å². The predicted molar refractivity (Wildman–Crippen MR) is 78.3 cm³/mol. The SMILES string of the molecule is O=C(O)Cc1cccc(C(=O)Nc2ccc3c(c2)OCO3)c1. The molecule has 0 aromatic heterocycles. The van der Waals surface area contributed by atoms with Gasteiger partial charge in [0.05, 0.1) is 6.42 Å². The number of fused-ring (bicyclic) bond motifs is 1. The standard InChI is InChI=1S/C16H13NO5/c18-15(19)7-10-2-1-3-11(6-10)16(20)17-12-4-5-13-14(8-12)22-9-21-13/h1-6,8H,7,9H2,(H,17,20)(H,18,19). The second-order valence-corrected chi connectivity index (χ2v) is 4.79. The minimum absolute atomic E-state index is 0.120. The molecule has 2 aromatic rings. The van der Waals surface area contributed by atoms with E-state index in [0.29, 0.717) is 28.3 Å². The van der Waals surface area contributed by atoms with Crippen LogP contribution in [-0.4, -0.2) is 23.8 Å². The molecule has 0 atom stereocenters. The van der Waals surface area contributed by atoms with Crippen molar-refractivity contribution < 1.29 is 24.2 Å². The molecular weight excluding hydrogens is 286 g/mol. The molecule has 1 aliphatic rings. The number of nitrogens with one attached hydrogen (secondary N) is 1.